The zero-order valence-corrected chi connectivity index (χ0v) is 14.5. The molecule has 3 aromatic rings. The highest BCUT2D eigenvalue weighted by Crippen LogP contribution is 2.33. The molecule has 1 aliphatic rings. The number of H-pyrrole nitrogens is 1. The first-order valence-corrected chi connectivity index (χ1v) is 8.82. The lowest BCUT2D eigenvalue weighted by Crippen LogP contribution is -2.42. The number of piperidine rings is 1. The standard InChI is InChI=1S/C21H24N2O2/c1-25-18-7-8-20-19(13-18)16(14-22-20)15-23-11-9-21(24,10-12-23)17-5-3-2-4-6-17/h2-8,13-14,22,24H,9-12,15H2,1H3. The molecule has 4 heteroatoms. The molecule has 2 N–H and O–H groups in total. The summed E-state index contributed by atoms with van der Waals surface area (Å²) in [5, 5.41) is 12.2. The van der Waals surface area contributed by atoms with Crippen LogP contribution in [0, 0.1) is 0 Å². The quantitative estimate of drug-likeness (QED) is 0.764. The maximum atomic E-state index is 11.0. The highest BCUT2D eigenvalue weighted by atomic mass is 16.5. The molecular formula is C21H24N2O2. The van der Waals surface area contributed by atoms with Crippen molar-refractivity contribution in [2.75, 3.05) is 20.2 Å². The molecule has 1 saturated heterocycles. The van der Waals surface area contributed by atoms with E-state index in [1.807, 2.05) is 36.4 Å². The van der Waals surface area contributed by atoms with Gasteiger partial charge < -0.3 is 14.8 Å². The van der Waals surface area contributed by atoms with Gasteiger partial charge in [-0.05, 0) is 42.2 Å². The number of ether oxygens (including phenoxy) is 1. The van der Waals surface area contributed by atoms with Crippen molar-refractivity contribution in [1.82, 2.24) is 9.88 Å². The van der Waals surface area contributed by atoms with Crippen LogP contribution in [0.2, 0.25) is 0 Å². The summed E-state index contributed by atoms with van der Waals surface area (Å²) in [5.41, 5.74) is 2.75. The minimum Gasteiger partial charge on any atom is -0.497 e. The van der Waals surface area contributed by atoms with Crippen LogP contribution in [0.5, 0.6) is 5.75 Å². The van der Waals surface area contributed by atoms with E-state index in [1.54, 1.807) is 7.11 Å². The van der Waals surface area contributed by atoms with E-state index in [2.05, 4.69) is 28.2 Å². The van der Waals surface area contributed by atoms with Crippen molar-refractivity contribution in [3.05, 3.63) is 65.9 Å². The summed E-state index contributed by atoms with van der Waals surface area (Å²) in [4.78, 5) is 5.76. The number of hydrogen-bond donors (Lipinski definition) is 2. The van der Waals surface area contributed by atoms with Crippen molar-refractivity contribution in [1.29, 1.82) is 0 Å². The predicted molar refractivity (Wildman–Crippen MR) is 99.7 cm³/mol. The molecule has 1 fully saturated rings. The molecule has 1 aromatic heterocycles. The molecule has 0 unspecified atom stereocenters. The fourth-order valence-corrected chi connectivity index (χ4v) is 3.77. The molecular weight excluding hydrogens is 312 g/mol. The van der Waals surface area contributed by atoms with Gasteiger partial charge in [-0.25, -0.2) is 0 Å². The van der Waals surface area contributed by atoms with E-state index in [-0.39, 0.29) is 0 Å². The highest BCUT2D eigenvalue weighted by molar-refractivity contribution is 5.84. The van der Waals surface area contributed by atoms with E-state index in [9.17, 15) is 5.11 Å². The van der Waals surface area contributed by atoms with Gasteiger partial charge in [-0.3, -0.25) is 4.90 Å². The smallest absolute Gasteiger partial charge is 0.119 e. The van der Waals surface area contributed by atoms with Crippen molar-refractivity contribution in [2.45, 2.75) is 25.0 Å². The number of hydrogen-bond acceptors (Lipinski definition) is 3. The first kappa shape index (κ1) is 16.2. The number of aliphatic hydroxyl groups is 1. The Labute approximate surface area is 148 Å². The minimum absolute atomic E-state index is 0.693. The molecule has 1 aliphatic heterocycles. The van der Waals surface area contributed by atoms with E-state index < -0.39 is 5.60 Å². The Bertz CT molecular complexity index is 849. The normalized spacial score (nSPS) is 17.7. The van der Waals surface area contributed by atoms with Crippen molar-refractivity contribution in [3.63, 3.8) is 0 Å². The lowest BCUT2D eigenvalue weighted by molar-refractivity contribution is -0.0276. The van der Waals surface area contributed by atoms with Gasteiger partial charge in [-0.15, -0.1) is 0 Å². The topological polar surface area (TPSA) is 48.5 Å². The number of aromatic amines is 1. The lowest BCUT2D eigenvalue weighted by atomic mass is 9.84. The molecule has 0 atom stereocenters. The van der Waals surface area contributed by atoms with Crippen LogP contribution >= 0.6 is 0 Å². The van der Waals surface area contributed by atoms with Gasteiger partial charge in [-0.2, -0.15) is 0 Å². The Morgan fingerprint density at radius 1 is 1.12 bits per heavy atom. The number of methoxy groups -OCH3 is 1. The van der Waals surface area contributed by atoms with E-state index in [1.165, 1.54) is 10.9 Å². The van der Waals surface area contributed by atoms with E-state index in [4.69, 9.17) is 4.74 Å². The monoisotopic (exact) mass is 336 g/mol. The highest BCUT2D eigenvalue weighted by Gasteiger charge is 2.33. The van der Waals surface area contributed by atoms with Crippen molar-refractivity contribution in [2.24, 2.45) is 0 Å². The number of nitrogens with one attached hydrogen (secondary N) is 1. The number of likely N-dealkylation sites (tertiary alicyclic amines) is 1. The van der Waals surface area contributed by atoms with Gasteiger partial charge in [0.2, 0.25) is 0 Å². The Balaban J connectivity index is 1.47. The predicted octanol–water partition coefficient (Wildman–Crippen LogP) is 3.66. The molecule has 0 spiro atoms. The molecule has 130 valence electrons. The third kappa shape index (κ3) is 3.15. The van der Waals surface area contributed by atoms with Crippen molar-refractivity contribution >= 4 is 10.9 Å². The summed E-state index contributed by atoms with van der Waals surface area (Å²) >= 11 is 0. The number of benzene rings is 2. The zero-order valence-electron chi connectivity index (χ0n) is 14.5. The molecule has 2 heterocycles. The number of nitrogens with zero attached hydrogens (tertiary/aromatic N) is 1. The summed E-state index contributed by atoms with van der Waals surface area (Å²) in [5.74, 6) is 0.880. The first-order valence-electron chi connectivity index (χ1n) is 8.82. The van der Waals surface area contributed by atoms with Crippen LogP contribution in [0.4, 0.5) is 0 Å². The Morgan fingerprint density at radius 2 is 1.88 bits per heavy atom. The van der Waals surface area contributed by atoms with Crippen LogP contribution in [-0.4, -0.2) is 35.2 Å². The van der Waals surface area contributed by atoms with Crippen LogP contribution in [0.3, 0.4) is 0 Å². The molecule has 4 nitrogen and oxygen atoms in total. The second-order valence-corrected chi connectivity index (χ2v) is 6.90. The first-order chi connectivity index (χ1) is 12.2. The Kier molecular flexibility index (Phi) is 4.24. The molecule has 0 saturated carbocycles. The SMILES string of the molecule is COc1ccc2[nH]cc(CN3CCC(O)(c4ccccc4)CC3)c2c1. The molecule has 4 rings (SSSR count). The zero-order chi connectivity index (χ0) is 17.3. The number of rotatable bonds is 4. The van der Waals surface area contributed by atoms with Gasteiger partial charge >= 0.3 is 0 Å². The van der Waals surface area contributed by atoms with Gasteiger partial charge in [0.05, 0.1) is 12.7 Å². The number of aromatic nitrogens is 1. The van der Waals surface area contributed by atoms with Gasteiger partial charge in [0, 0.05) is 36.7 Å². The minimum atomic E-state index is -0.693. The average molecular weight is 336 g/mol. The molecule has 0 aliphatic carbocycles. The number of fused-ring (bicyclic) bond motifs is 1. The van der Waals surface area contributed by atoms with Crippen LogP contribution in [0.25, 0.3) is 10.9 Å². The van der Waals surface area contributed by atoms with E-state index in [0.717, 1.165) is 49.3 Å². The second kappa shape index (κ2) is 6.54. The Morgan fingerprint density at radius 3 is 2.60 bits per heavy atom. The van der Waals surface area contributed by atoms with Gasteiger partial charge in [0.1, 0.15) is 5.75 Å². The summed E-state index contributed by atoms with van der Waals surface area (Å²) in [6, 6.07) is 16.2. The molecule has 0 amide bonds. The van der Waals surface area contributed by atoms with Gasteiger partial charge in [0.25, 0.3) is 0 Å². The maximum absolute atomic E-state index is 11.0. The third-order valence-corrected chi connectivity index (χ3v) is 5.36. The largest absolute Gasteiger partial charge is 0.497 e. The molecule has 2 aromatic carbocycles. The van der Waals surface area contributed by atoms with Crippen molar-refractivity contribution < 1.29 is 9.84 Å². The summed E-state index contributed by atoms with van der Waals surface area (Å²) in [6.45, 7) is 2.67. The molecule has 0 bridgehead atoms. The third-order valence-electron chi connectivity index (χ3n) is 5.36. The lowest BCUT2D eigenvalue weighted by Gasteiger charge is -2.38. The average Bonchev–Trinajstić information content (AvgIpc) is 3.06. The van der Waals surface area contributed by atoms with Crippen LogP contribution in [0.15, 0.2) is 54.7 Å². The Hall–Kier alpha value is -2.30. The van der Waals surface area contributed by atoms with E-state index in [0.29, 0.717) is 0 Å². The van der Waals surface area contributed by atoms with Crippen molar-refractivity contribution in [3.8, 4) is 5.75 Å². The fraction of sp³-hybridized carbons (Fsp3) is 0.333. The molecule has 0 radical (unpaired) electrons. The summed E-state index contributed by atoms with van der Waals surface area (Å²) in [7, 11) is 1.70. The maximum Gasteiger partial charge on any atom is 0.119 e. The summed E-state index contributed by atoms with van der Waals surface area (Å²) < 4.78 is 5.35. The van der Waals surface area contributed by atoms with E-state index >= 15 is 0 Å². The van der Waals surface area contributed by atoms with Crippen LogP contribution in [-0.2, 0) is 12.1 Å². The fourth-order valence-electron chi connectivity index (χ4n) is 3.77. The van der Waals surface area contributed by atoms with Crippen LogP contribution < -0.4 is 4.74 Å². The van der Waals surface area contributed by atoms with Gasteiger partial charge in [0.15, 0.2) is 0 Å². The second-order valence-electron chi connectivity index (χ2n) is 6.90. The summed E-state index contributed by atoms with van der Waals surface area (Å²) in [6.07, 6.45) is 3.62. The van der Waals surface area contributed by atoms with Gasteiger partial charge in [-0.1, -0.05) is 30.3 Å². The van der Waals surface area contributed by atoms with Crippen LogP contribution in [0.1, 0.15) is 24.0 Å². The molecule has 25 heavy (non-hydrogen) atoms.